The molecule has 0 amide bonds. The quantitative estimate of drug-likeness (QED) is 0.754. The van der Waals surface area contributed by atoms with Crippen molar-refractivity contribution in [3.8, 4) is 0 Å². The molecule has 0 bridgehead atoms. The second-order valence-corrected chi connectivity index (χ2v) is 4.92. The highest BCUT2D eigenvalue weighted by atomic mass is 15.0. The predicted molar refractivity (Wildman–Crippen MR) is 68.7 cm³/mol. The van der Waals surface area contributed by atoms with Gasteiger partial charge in [-0.1, -0.05) is 19.8 Å². The molecule has 16 heavy (non-hydrogen) atoms. The van der Waals surface area contributed by atoms with Gasteiger partial charge in [0.25, 0.3) is 0 Å². The summed E-state index contributed by atoms with van der Waals surface area (Å²) >= 11 is 0. The minimum Gasteiger partial charge on any atom is -0.354 e. The molecule has 1 aliphatic rings. The summed E-state index contributed by atoms with van der Waals surface area (Å²) in [7, 11) is 2.08. The molecule has 0 aliphatic heterocycles. The molecular weight excluding hydrogens is 196 g/mol. The third-order valence-electron chi connectivity index (χ3n) is 3.68. The van der Waals surface area contributed by atoms with Crippen molar-refractivity contribution >= 4 is 0 Å². The Bertz CT molecular complexity index is 327. The Morgan fingerprint density at radius 1 is 1.38 bits per heavy atom. The number of hydrogen-bond acceptors (Lipinski definition) is 1. The van der Waals surface area contributed by atoms with E-state index in [1.165, 1.54) is 45.1 Å². The summed E-state index contributed by atoms with van der Waals surface area (Å²) in [5, 5.41) is 3.43. The summed E-state index contributed by atoms with van der Waals surface area (Å²) in [5.74, 6) is 0. The lowest BCUT2D eigenvalue weighted by molar-refractivity contribution is 0.498. The Kier molecular flexibility index (Phi) is 4.05. The molecule has 1 aromatic heterocycles. The SMILES string of the molecule is CCCCCn1cc2c(c1)C(NC)CCC2. The van der Waals surface area contributed by atoms with E-state index in [0.717, 1.165) is 0 Å². The largest absolute Gasteiger partial charge is 0.354 e. The zero-order valence-corrected chi connectivity index (χ0v) is 10.6. The van der Waals surface area contributed by atoms with Crippen LogP contribution in [0.3, 0.4) is 0 Å². The molecule has 0 saturated carbocycles. The number of hydrogen-bond donors (Lipinski definition) is 1. The molecule has 2 heteroatoms. The number of fused-ring (bicyclic) bond motifs is 1. The van der Waals surface area contributed by atoms with E-state index in [1.54, 1.807) is 11.1 Å². The van der Waals surface area contributed by atoms with E-state index in [4.69, 9.17) is 0 Å². The van der Waals surface area contributed by atoms with Crippen LogP contribution in [0.15, 0.2) is 12.4 Å². The van der Waals surface area contributed by atoms with Gasteiger partial charge in [-0.25, -0.2) is 0 Å². The molecule has 1 unspecified atom stereocenters. The minimum atomic E-state index is 0.594. The van der Waals surface area contributed by atoms with Crippen molar-refractivity contribution in [1.82, 2.24) is 9.88 Å². The Morgan fingerprint density at radius 2 is 2.25 bits per heavy atom. The van der Waals surface area contributed by atoms with Crippen LogP contribution in [0.25, 0.3) is 0 Å². The molecule has 0 spiro atoms. The van der Waals surface area contributed by atoms with E-state index in [2.05, 4.69) is 36.2 Å². The maximum absolute atomic E-state index is 3.43. The van der Waals surface area contributed by atoms with Crippen molar-refractivity contribution in [3.05, 3.63) is 23.5 Å². The van der Waals surface area contributed by atoms with Gasteiger partial charge in [0.2, 0.25) is 0 Å². The first-order chi connectivity index (χ1) is 7.85. The van der Waals surface area contributed by atoms with Crippen molar-refractivity contribution in [2.24, 2.45) is 0 Å². The van der Waals surface area contributed by atoms with Gasteiger partial charge in [0, 0.05) is 25.0 Å². The molecule has 2 nitrogen and oxygen atoms in total. The van der Waals surface area contributed by atoms with Gasteiger partial charge in [-0.3, -0.25) is 0 Å². The van der Waals surface area contributed by atoms with Gasteiger partial charge in [0.15, 0.2) is 0 Å². The number of nitrogens with one attached hydrogen (secondary N) is 1. The third-order valence-corrected chi connectivity index (χ3v) is 3.68. The second-order valence-electron chi connectivity index (χ2n) is 4.92. The zero-order valence-electron chi connectivity index (χ0n) is 10.6. The zero-order chi connectivity index (χ0) is 11.4. The van der Waals surface area contributed by atoms with Crippen molar-refractivity contribution in [3.63, 3.8) is 0 Å². The van der Waals surface area contributed by atoms with E-state index in [0.29, 0.717) is 6.04 Å². The van der Waals surface area contributed by atoms with E-state index in [1.807, 2.05) is 0 Å². The summed E-state index contributed by atoms with van der Waals surface area (Å²) in [5.41, 5.74) is 3.12. The van der Waals surface area contributed by atoms with Crippen LogP contribution < -0.4 is 5.32 Å². The highest BCUT2D eigenvalue weighted by Crippen LogP contribution is 2.30. The molecule has 1 aromatic rings. The van der Waals surface area contributed by atoms with Crippen LogP contribution in [-0.4, -0.2) is 11.6 Å². The molecule has 0 aromatic carbocycles. The van der Waals surface area contributed by atoms with Crippen LogP contribution in [0, 0.1) is 0 Å². The second kappa shape index (κ2) is 5.53. The monoisotopic (exact) mass is 220 g/mol. The van der Waals surface area contributed by atoms with Gasteiger partial charge in [-0.05, 0) is 43.9 Å². The topological polar surface area (TPSA) is 17.0 Å². The fourth-order valence-electron chi connectivity index (χ4n) is 2.72. The molecular formula is C14H24N2. The molecule has 0 radical (unpaired) electrons. The molecule has 0 fully saturated rings. The lowest BCUT2D eigenvalue weighted by Crippen LogP contribution is -2.20. The van der Waals surface area contributed by atoms with E-state index in [9.17, 15) is 0 Å². The number of aromatic nitrogens is 1. The first-order valence-electron chi connectivity index (χ1n) is 6.71. The minimum absolute atomic E-state index is 0.594. The molecule has 1 aliphatic carbocycles. The van der Waals surface area contributed by atoms with Gasteiger partial charge in [-0.2, -0.15) is 0 Å². The third kappa shape index (κ3) is 2.49. The van der Waals surface area contributed by atoms with E-state index < -0.39 is 0 Å². The van der Waals surface area contributed by atoms with Crippen LogP contribution in [0.2, 0.25) is 0 Å². The smallest absolute Gasteiger partial charge is 0.0335 e. The highest BCUT2D eigenvalue weighted by Gasteiger charge is 2.20. The summed E-state index contributed by atoms with van der Waals surface area (Å²) in [6, 6.07) is 0.594. The van der Waals surface area contributed by atoms with Crippen molar-refractivity contribution < 1.29 is 0 Å². The normalized spacial score (nSPS) is 19.8. The maximum Gasteiger partial charge on any atom is 0.0335 e. The molecule has 1 N–H and O–H groups in total. The Balaban J connectivity index is 2.03. The molecule has 0 saturated heterocycles. The summed E-state index contributed by atoms with van der Waals surface area (Å²) in [4.78, 5) is 0. The lowest BCUT2D eigenvalue weighted by Gasteiger charge is -2.21. The van der Waals surface area contributed by atoms with E-state index >= 15 is 0 Å². The number of rotatable bonds is 5. The number of nitrogens with zero attached hydrogens (tertiary/aromatic N) is 1. The summed E-state index contributed by atoms with van der Waals surface area (Å²) in [6.07, 6.45) is 12.6. The fourth-order valence-corrected chi connectivity index (χ4v) is 2.72. The van der Waals surface area contributed by atoms with Gasteiger partial charge in [0.1, 0.15) is 0 Å². The van der Waals surface area contributed by atoms with E-state index in [-0.39, 0.29) is 0 Å². The molecule has 90 valence electrons. The average molecular weight is 220 g/mol. The Hall–Kier alpha value is -0.760. The van der Waals surface area contributed by atoms with Gasteiger partial charge < -0.3 is 9.88 Å². The maximum atomic E-state index is 3.43. The number of unbranched alkanes of at least 4 members (excludes halogenated alkanes) is 2. The Labute approximate surface area is 99.0 Å². The lowest BCUT2D eigenvalue weighted by atomic mass is 9.91. The average Bonchev–Trinajstić information content (AvgIpc) is 2.71. The Morgan fingerprint density at radius 3 is 3.00 bits per heavy atom. The fraction of sp³-hybridized carbons (Fsp3) is 0.714. The van der Waals surface area contributed by atoms with Crippen LogP contribution >= 0.6 is 0 Å². The standard InChI is InChI=1S/C14H24N2/c1-3-4-5-9-16-10-12-7-6-8-14(15-2)13(12)11-16/h10-11,14-15H,3-9H2,1-2H3. The first-order valence-corrected chi connectivity index (χ1v) is 6.71. The molecule has 2 rings (SSSR count). The predicted octanol–water partition coefficient (Wildman–Crippen LogP) is 3.28. The van der Waals surface area contributed by atoms with Crippen LogP contribution in [0.1, 0.15) is 56.2 Å². The van der Waals surface area contributed by atoms with Gasteiger partial charge in [0.05, 0.1) is 0 Å². The summed E-state index contributed by atoms with van der Waals surface area (Å²) < 4.78 is 2.40. The first kappa shape index (κ1) is 11.7. The van der Waals surface area contributed by atoms with Crippen molar-refractivity contribution in [2.75, 3.05) is 7.05 Å². The van der Waals surface area contributed by atoms with Gasteiger partial charge in [-0.15, -0.1) is 0 Å². The van der Waals surface area contributed by atoms with Crippen molar-refractivity contribution in [1.29, 1.82) is 0 Å². The molecule has 1 heterocycles. The van der Waals surface area contributed by atoms with Crippen LogP contribution in [-0.2, 0) is 13.0 Å². The van der Waals surface area contributed by atoms with Gasteiger partial charge >= 0.3 is 0 Å². The van der Waals surface area contributed by atoms with Crippen LogP contribution in [0.4, 0.5) is 0 Å². The number of aryl methyl sites for hydroxylation is 2. The highest BCUT2D eigenvalue weighted by molar-refractivity contribution is 5.30. The summed E-state index contributed by atoms with van der Waals surface area (Å²) in [6.45, 7) is 3.45. The molecule has 1 atom stereocenters. The van der Waals surface area contributed by atoms with Crippen LogP contribution in [0.5, 0.6) is 0 Å². The van der Waals surface area contributed by atoms with Crippen molar-refractivity contribution in [2.45, 2.75) is 58.0 Å².